The van der Waals surface area contributed by atoms with Gasteiger partial charge in [0.15, 0.2) is 17.3 Å². The smallest absolute Gasteiger partial charge is 0.397 e. The molecule has 4 heterocycles. The molecule has 1 atom stereocenters. The molecule has 220 valence electrons. The SMILES string of the molecule is C[C@@H]1CN(C(=O)c2ccc(NC(=O)c3ncc(-c4cn(-c5ccc(N)cn5)nc4C(F)(F)F)n3C)cc2Cl)CCCN1. The summed E-state index contributed by atoms with van der Waals surface area (Å²) in [4.78, 5) is 36.0. The summed E-state index contributed by atoms with van der Waals surface area (Å²) in [7, 11) is 1.42. The lowest BCUT2D eigenvalue weighted by molar-refractivity contribution is -0.140. The predicted octanol–water partition coefficient (Wildman–Crippen LogP) is 4.00. The van der Waals surface area contributed by atoms with Crippen LogP contribution in [0, 0.1) is 0 Å². The molecule has 15 heteroatoms. The van der Waals surface area contributed by atoms with E-state index in [1.54, 1.807) is 4.90 Å². The first-order valence-corrected chi connectivity index (χ1v) is 13.3. The number of hydrogen-bond donors (Lipinski definition) is 3. The van der Waals surface area contributed by atoms with E-state index >= 15 is 0 Å². The highest BCUT2D eigenvalue weighted by Gasteiger charge is 2.39. The largest absolute Gasteiger partial charge is 0.435 e. The van der Waals surface area contributed by atoms with Gasteiger partial charge in [-0.2, -0.15) is 18.3 Å². The van der Waals surface area contributed by atoms with Crippen molar-refractivity contribution < 1.29 is 22.8 Å². The third kappa shape index (κ3) is 5.94. The van der Waals surface area contributed by atoms with Crippen LogP contribution in [-0.2, 0) is 13.2 Å². The van der Waals surface area contributed by atoms with Gasteiger partial charge < -0.3 is 25.8 Å². The van der Waals surface area contributed by atoms with Gasteiger partial charge in [-0.05, 0) is 50.2 Å². The van der Waals surface area contributed by atoms with Crippen molar-refractivity contribution >= 4 is 34.8 Å². The summed E-state index contributed by atoms with van der Waals surface area (Å²) in [5, 5.41) is 9.82. The van der Waals surface area contributed by atoms with E-state index in [1.807, 2.05) is 6.92 Å². The number of rotatable bonds is 5. The van der Waals surface area contributed by atoms with Crippen molar-refractivity contribution in [2.75, 3.05) is 30.7 Å². The van der Waals surface area contributed by atoms with E-state index in [-0.39, 0.29) is 45.6 Å². The number of benzene rings is 1. The van der Waals surface area contributed by atoms with E-state index in [0.29, 0.717) is 24.3 Å². The molecule has 0 bridgehead atoms. The van der Waals surface area contributed by atoms with Crippen LogP contribution >= 0.6 is 11.6 Å². The Hall–Kier alpha value is -4.43. The van der Waals surface area contributed by atoms with Crippen LogP contribution in [0.2, 0.25) is 5.02 Å². The molecule has 2 amide bonds. The van der Waals surface area contributed by atoms with E-state index in [2.05, 4.69) is 25.7 Å². The molecule has 11 nitrogen and oxygen atoms in total. The number of carbonyl (C=O) groups excluding carboxylic acids is 2. The van der Waals surface area contributed by atoms with E-state index in [0.717, 1.165) is 30.0 Å². The number of aromatic nitrogens is 5. The van der Waals surface area contributed by atoms with E-state index in [9.17, 15) is 22.8 Å². The monoisotopic (exact) mass is 601 g/mol. The number of pyridine rings is 1. The van der Waals surface area contributed by atoms with Crippen LogP contribution in [0.1, 0.15) is 40.0 Å². The first-order chi connectivity index (χ1) is 19.9. The summed E-state index contributed by atoms with van der Waals surface area (Å²) < 4.78 is 44.0. The Balaban J connectivity index is 1.38. The fraction of sp³-hybridized carbons (Fsp3) is 0.296. The minimum absolute atomic E-state index is 0.00863. The van der Waals surface area contributed by atoms with Crippen LogP contribution in [0.3, 0.4) is 0 Å². The highest BCUT2D eigenvalue weighted by Crippen LogP contribution is 2.37. The Labute approximate surface area is 243 Å². The fourth-order valence-corrected chi connectivity index (χ4v) is 4.97. The van der Waals surface area contributed by atoms with Gasteiger partial charge >= 0.3 is 6.18 Å². The van der Waals surface area contributed by atoms with Crippen LogP contribution in [0.15, 0.2) is 48.9 Å². The van der Waals surface area contributed by atoms with Crippen LogP contribution in [0.25, 0.3) is 17.1 Å². The van der Waals surface area contributed by atoms with E-state index in [1.165, 1.54) is 48.1 Å². The highest BCUT2D eigenvalue weighted by atomic mass is 35.5. The Morgan fingerprint density at radius 3 is 2.64 bits per heavy atom. The summed E-state index contributed by atoms with van der Waals surface area (Å²) in [5.41, 5.74) is 5.11. The lowest BCUT2D eigenvalue weighted by Gasteiger charge is -2.23. The normalized spacial score (nSPS) is 15.9. The number of amides is 2. The zero-order chi connectivity index (χ0) is 30.2. The second-order valence-corrected chi connectivity index (χ2v) is 10.3. The van der Waals surface area contributed by atoms with Gasteiger partial charge in [-0.3, -0.25) is 9.59 Å². The Morgan fingerprint density at radius 1 is 1.17 bits per heavy atom. The van der Waals surface area contributed by atoms with Crippen LogP contribution in [-0.4, -0.2) is 66.7 Å². The lowest BCUT2D eigenvalue weighted by atomic mass is 10.1. The fourth-order valence-electron chi connectivity index (χ4n) is 4.70. The predicted molar refractivity (Wildman–Crippen MR) is 150 cm³/mol. The highest BCUT2D eigenvalue weighted by molar-refractivity contribution is 6.34. The second kappa shape index (κ2) is 11.4. The van der Waals surface area contributed by atoms with Crippen molar-refractivity contribution in [1.82, 2.24) is 34.5 Å². The van der Waals surface area contributed by atoms with Gasteiger partial charge in [0.05, 0.1) is 39.9 Å². The molecular formula is C27H27ClF3N9O2. The number of carbonyl (C=O) groups is 2. The van der Waals surface area contributed by atoms with Gasteiger partial charge in [-0.1, -0.05) is 11.6 Å². The van der Waals surface area contributed by atoms with Gasteiger partial charge in [0.25, 0.3) is 11.8 Å². The number of nitrogens with zero attached hydrogens (tertiary/aromatic N) is 6. The number of anilines is 2. The zero-order valence-corrected chi connectivity index (χ0v) is 23.4. The molecule has 1 saturated heterocycles. The topological polar surface area (TPSA) is 136 Å². The summed E-state index contributed by atoms with van der Waals surface area (Å²) in [5.74, 6) is -0.925. The molecule has 1 fully saturated rings. The second-order valence-electron chi connectivity index (χ2n) is 9.92. The number of nitrogen functional groups attached to an aromatic ring is 1. The van der Waals surface area contributed by atoms with Crippen molar-refractivity contribution in [2.45, 2.75) is 25.6 Å². The Bertz CT molecular complexity index is 1630. The number of hydrogen-bond acceptors (Lipinski definition) is 7. The average Bonchev–Trinajstić information content (AvgIpc) is 3.47. The molecule has 0 saturated carbocycles. The maximum absolute atomic E-state index is 13.9. The molecule has 0 aliphatic carbocycles. The molecule has 42 heavy (non-hydrogen) atoms. The van der Waals surface area contributed by atoms with Crippen molar-refractivity contribution in [3.8, 4) is 17.1 Å². The Morgan fingerprint density at radius 2 is 1.95 bits per heavy atom. The van der Waals surface area contributed by atoms with E-state index < -0.39 is 17.8 Å². The molecule has 1 aliphatic rings. The number of nitrogens with one attached hydrogen (secondary N) is 2. The van der Waals surface area contributed by atoms with Gasteiger partial charge in [0.1, 0.15) is 0 Å². The molecule has 0 unspecified atom stereocenters. The van der Waals surface area contributed by atoms with Gasteiger partial charge in [-0.25, -0.2) is 14.6 Å². The Kier molecular flexibility index (Phi) is 7.93. The molecule has 3 aromatic heterocycles. The summed E-state index contributed by atoms with van der Waals surface area (Å²) in [6.45, 7) is 3.96. The summed E-state index contributed by atoms with van der Waals surface area (Å²) >= 11 is 6.42. The van der Waals surface area contributed by atoms with Crippen molar-refractivity contribution in [3.05, 3.63) is 71.0 Å². The third-order valence-corrected chi connectivity index (χ3v) is 7.10. The van der Waals surface area contributed by atoms with Gasteiger partial charge in [0.2, 0.25) is 0 Å². The first-order valence-electron chi connectivity index (χ1n) is 13.0. The molecule has 0 radical (unpaired) electrons. The first kappa shape index (κ1) is 29.1. The number of nitrogens with two attached hydrogens (primary N) is 1. The van der Waals surface area contributed by atoms with Gasteiger partial charge in [-0.15, -0.1) is 0 Å². The minimum Gasteiger partial charge on any atom is -0.397 e. The molecule has 4 N–H and O–H groups in total. The average molecular weight is 602 g/mol. The van der Waals surface area contributed by atoms with Crippen molar-refractivity contribution in [1.29, 1.82) is 0 Å². The zero-order valence-electron chi connectivity index (χ0n) is 22.6. The molecule has 0 spiro atoms. The molecule has 1 aliphatic heterocycles. The van der Waals surface area contributed by atoms with Crippen LogP contribution in [0.5, 0.6) is 0 Å². The van der Waals surface area contributed by atoms with Gasteiger partial charge in [0, 0.05) is 38.1 Å². The maximum Gasteiger partial charge on any atom is 0.435 e. The quantitative estimate of drug-likeness (QED) is 0.315. The molecular weight excluding hydrogens is 575 g/mol. The van der Waals surface area contributed by atoms with Crippen molar-refractivity contribution in [3.63, 3.8) is 0 Å². The number of imidazole rings is 1. The lowest BCUT2D eigenvalue weighted by Crippen LogP contribution is -2.39. The van der Waals surface area contributed by atoms with Crippen molar-refractivity contribution in [2.24, 2.45) is 7.05 Å². The van der Waals surface area contributed by atoms with Crippen LogP contribution in [0.4, 0.5) is 24.5 Å². The third-order valence-electron chi connectivity index (χ3n) is 6.79. The number of alkyl halides is 3. The van der Waals surface area contributed by atoms with E-state index in [4.69, 9.17) is 17.3 Å². The minimum atomic E-state index is -4.79. The molecule has 5 rings (SSSR count). The summed E-state index contributed by atoms with van der Waals surface area (Å²) in [6, 6.07) is 7.58. The van der Waals surface area contributed by atoms with Crippen LogP contribution < -0.4 is 16.4 Å². The molecule has 4 aromatic rings. The number of halogens is 4. The molecule has 1 aromatic carbocycles. The maximum atomic E-state index is 13.9. The summed E-state index contributed by atoms with van der Waals surface area (Å²) in [6.07, 6.45) is -0.349. The standard InChI is InChI=1S/C27H27ClF3N9O2/c1-15-13-39(9-3-8-33-15)26(42)18-6-5-17(10-20(18)28)36-25(41)24-35-12-21(38(24)2)19-14-40(37-23(19)27(29,30)31)22-7-4-16(32)11-34-22/h4-7,10-12,14-15,33H,3,8-9,13,32H2,1-2H3,(H,36,41)/t15-/m1/s1.